The van der Waals surface area contributed by atoms with Gasteiger partial charge >= 0.3 is 0 Å². The predicted molar refractivity (Wildman–Crippen MR) is 122 cm³/mol. The first kappa shape index (κ1) is 24.5. The van der Waals surface area contributed by atoms with Gasteiger partial charge < -0.3 is 10.2 Å². The molecule has 0 unspecified atom stereocenters. The van der Waals surface area contributed by atoms with E-state index in [1.54, 1.807) is 31.2 Å². The first-order chi connectivity index (χ1) is 14.3. The molecule has 162 valence electrons. The number of nitrogens with zero attached hydrogens (tertiary/aromatic N) is 1. The van der Waals surface area contributed by atoms with E-state index < -0.39 is 11.9 Å². The van der Waals surface area contributed by atoms with Crippen LogP contribution in [0.4, 0.5) is 4.39 Å². The molecule has 0 fully saturated rings. The van der Waals surface area contributed by atoms with Gasteiger partial charge in [-0.2, -0.15) is 0 Å². The molecule has 30 heavy (non-hydrogen) atoms. The number of carbonyl (C=O) groups excluding carboxylic acids is 2. The Hall–Kier alpha value is -1.76. The fraction of sp³-hybridized carbons (Fsp3) is 0.364. The Labute approximate surface area is 191 Å². The van der Waals surface area contributed by atoms with Crippen molar-refractivity contribution in [2.45, 2.75) is 38.6 Å². The van der Waals surface area contributed by atoms with Gasteiger partial charge in [-0.3, -0.25) is 9.59 Å². The lowest BCUT2D eigenvalue weighted by atomic mass is 10.1. The SMILES string of the molecule is CCCNC(=O)[C@@H](C)N(Cc1ccc(Cl)cc1)C(=O)CSCc1c(F)cccc1Cl. The van der Waals surface area contributed by atoms with Gasteiger partial charge in [0.25, 0.3) is 0 Å². The standard InChI is InChI=1S/C22H25Cl2FN2O2S/c1-3-11-26-22(29)15(2)27(12-16-7-9-17(23)10-8-16)21(28)14-30-13-18-19(24)5-4-6-20(18)25/h4-10,15H,3,11-14H2,1-2H3,(H,26,29)/t15-/m1/s1. The molecule has 2 rings (SSSR count). The van der Waals surface area contributed by atoms with Crippen molar-refractivity contribution in [3.8, 4) is 0 Å². The van der Waals surface area contributed by atoms with E-state index in [0.29, 0.717) is 22.2 Å². The summed E-state index contributed by atoms with van der Waals surface area (Å²) in [6, 6.07) is 11.0. The molecule has 0 aliphatic heterocycles. The maximum Gasteiger partial charge on any atom is 0.242 e. The van der Waals surface area contributed by atoms with Crippen LogP contribution < -0.4 is 5.32 Å². The minimum absolute atomic E-state index is 0.101. The minimum Gasteiger partial charge on any atom is -0.354 e. The van der Waals surface area contributed by atoms with Crippen LogP contribution in [0, 0.1) is 5.82 Å². The third kappa shape index (κ3) is 7.18. The second-order valence-electron chi connectivity index (χ2n) is 6.81. The van der Waals surface area contributed by atoms with Crippen LogP contribution in [0.15, 0.2) is 42.5 Å². The van der Waals surface area contributed by atoms with Gasteiger partial charge in [-0.15, -0.1) is 11.8 Å². The second-order valence-corrected chi connectivity index (χ2v) is 8.64. The summed E-state index contributed by atoms with van der Waals surface area (Å²) in [7, 11) is 0. The Morgan fingerprint density at radius 2 is 1.87 bits per heavy atom. The summed E-state index contributed by atoms with van der Waals surface area (Å²) in [5, 5.41) is 3.76. The Morgan fingerprint density at radius 1 is 1.17 bits per heavy atom. The first-order valence-electron chi connectivity index (χ1n) is 9.65. The Balaban J connectivity index is 2.08. The Kier molecular flexibility index (Phi) is 9.95. The number of halogens is 3. The highest BCUT2D eigenvalue weighted by atomic mass is 35.5. The molecule has 0 bridgehead atoms. The number of carbonyl (C=O) groups is 2. The van der Waals surface area contributed by atoms with Gasteiger partial charge in [0, 0.05) is 34.5 Å². The molecule has 2 aromatic rings. The summed E-state index contributed by atoms with van der Waals surface area (Å²) in [5.41, 5.74) is 1.24. The quantitative estimate of drug-likeness (QED) is 0.511. The van der Waals surface area contributed by atoms with Gasteiger partial charge in [0.1, 0.15) is 11.9 Å². The van der Waals surface area contributed by atoms with Crippen LogP contribution in [-0.2, 0) is 21.9 Å². The van der Waals surface area contributed by atoms with Crippen molar-refractivity contribution in [1.82, 2.24) is 10.2 Å². The lowest BCUT2D eigenvalue weighted by molar-refractivity contribution is -0.138. The number of rotatable bonds is 10. The zero-order valence-electron chi connectivity index (χ0n) is 17.0. The van der Waals surface area contributed by atoms with Gasteiger partial charge in [-0.05, 0) is 43.2 Å². The summed E-state index contributed by atoms with van der Waals surface area (Å²) >= 11 is 13.3. The van der Waals surface area contributed by atoms with Gasteiger partial charge in [-0.25, -0.2) is 4.39 Å². The lowest BCUT2D eigenvalue weighted by Gasteiger charge is -2.28. The summed E-state index contributed by atoms with van der Waals surface area (Å²) in [4.78, 5) is 27.0. The molecule has 0 spiro atoms. The molecule has 2 aromatic carbocycles. The minimum atomic E-state index is -0.641. The summed E-state index contributed by atoms with van der Waals surface area (Å²) in [6.07, 6.45) is 0.808. The second kappa shape index (κ2) is 12.2. The molecular weight excluding hydrogens is 446 g/mol. The molecule has 0 saturated carbocycles. The van der Waals surface area contributed by atoms with E-state index in [9.17, 15) is 14.0 Å². The number of hydrogen-bond acceptors (Lipinski definition) is 3. The number of thioether (sulfide) groups is 1. The molecule has 0 heterocycles. The van der Waals surface area contributed by atoms with E-state index in [-0.39, 0.29) is 29.9 Å². The average Bonchev–Trinajstić information content (AvgIpc) is 2.73. The largest absolute Gasteiger partial charge is 0.354 e. The van der Waals surface area contributed by atoms with Crippen molar-refractivity contribution in [3.05, 3.63) is 69.5 Å². The van der Waals surface area contributed by atoms with Crippen molar-refractivity contribution in [2.75, 3.05) is 12.3 Å². The highest BCUT2D eigenvalue weighted by Crippen LogP contribution is 2.24. The molecule has 2 amide bonds. The van der Waals surface area contributed by atoms with Crippen LogP contribution in [0.3, 0.4) is 0 Å². The predicted octanol–water partition coefficient (Wildman–Crippen LogP) is 5.31. The van der Waals surface area contributed by atoms with E-state index in [4.69, 9.17) is 23.2 Å². The van der Waals surface area contributed by atoms with Crippen LogP contribution in [-0.4, -0.2) is 35.1 Å². The normalized spacial score (nSPS) is 11.8. The van der Waals surface area contributed by atoms with Gasteiger partial charge in [0.15, 0.2) is 0 Å². The van der Waals surface area contributed by atoms with E-state index in [2.05, 4.69) is 5.32 Å². The molecule has 0 aromatic heterocycles. The zero-order valence-corrected chi connectivity index (χ0v) is 19.3. The molecule has 0 aliphatic carbocycles. The van der Waals surface area contributed by atoms with Crippen molar-refractivity contribution in [1.29, 1.82) is 0 Å². The molecule has 8 heteroatoms. The van der Waals surface area contributed by atoms with Crippen molar-refractivity contribution in [2.24, 2.45) is 0 Å². The molecular formula is C22H25Cl2FN2O2S. The van der Waals surface area contributed by atoms with Gasteiger partial charge in [0.2, 0.25) is 11.8 Å². The third-order valence-electron chi connectivity index (χ3n) is 4.52. The van der Waals surface area contributed by atoms with E-state index in [0.717, 1.165) is 12.0 Å². The van der Waals surface area contributed by atoms with Crippen molar-refractivity contribution >= 4 is 46.8 Å². The average molecular weight is 471 g/mol. The highest BCUT2D eigenvalue weighted by Gasteiger charge is 2.26. The highest BCUT2D eigenvalue weighted by molar-refractivity contribution is 7.99. The number of hydrogen-bond donors (Lipinski definition) is 1. The molecule has 0 aliphatic rings. The summed E-state index contributed by atoms with van der Waals surface area (Å²) < 4.78 is 13.9. The van der Waals surface area contributed by atoms with Crippen LogP contribution in [0.5, 0.6) is 0 Å². The fourth-order valence-corrected chi connectivity index (χ4v) is 4.13. The van der Waals surface area contributed by atoms with E-state index in [1.807, 2.05) is 19.1 Å². The molecule has 0 saturated heterocycles. The molecule has 1 N–H and O–H groups in total. The molecule has 0 radical (unpaired) electrons. The Bertz CT molecular complexity index is 844. The van der Waals surface area contributed by atoms with Gasteiger partial charge in [-0.1, -0.05) is 48.3 Å². The maximum absolute atomic E-state index is 13.9. The Morgan fingerprint density at radius 3 is 2.50 bits per heavy atom. The van der Waals surface area contributed by atoms with Crippen molar-refractivity contribution in [3.63, 3.8) is 0 Å². The van der Waals surface area contributed by atoms with Crippen LogP contribution in [0.1, 0.15) is 31.4 Å². The maximum atomic E-state index is 13.9. The fourth-order valence-electron chi connectivity index (χ4n) is 2.76. The first-order valence-corrected chi connectivity index (χ1v) is 11.6. The van der Waals surface area contributed by atoms with Crippen LogP contribution in [0.2, 0.25) is 10.0 Å². The van der Waals surface area contributed by atoms with Crippen LogP contribution in [0.25, 0.3) is 0 Å². The number of benzene rings is 2. The van der Waals surface area contributed by atoms with E-state index >= 15 is 0 Å². The zero-order chi connectivity index (χ0) is 22.1. The van der Waals surface area contributed by atoms with Crippen LogP contribution >= 0.6 is 35.0 Å². The third-order valence-corrected chi connectivity index (χ3v) is 6.07. The lowest BCUT2D eigenvalue weighted by Crippen LogP contribution is -2.48. The monoisotopic (exact) mass is 470 g/mol. The van der Waals surface area contributed by atoms with Gasteiger partial charge in [0.05, 0.1) is 5.75 Å². The molecule has 4 nitrogen and oxygen atoms in total. The van der Waals surface area contributed by atoms with E-state index in [1.165, 1.54) is 22.7 Å². The summed E-state index contributed by atoms with van der Waals surface area (Å²) in [5.74, 6) is -0.442. The topological polar surface area (TPSA) is 49.4 Å². The number of amides is 2. The van der Waals surface area contributed by atoms with Crippen molar-refractivity contribution < 1.29 is 14.0 Å². The summed E-state index contributed by atoms with van der Waals surface area (Å²) in [6.45, 7) is 4.49. The molecule has 1 atom stereocenters. The number of nitrogens with one attached hydrogen (secondary N) is 1. The smallest absolute Gasteiger partial charge is 0.242 e.